The summed E-state index contributed by atoms with van der Waals surface area (Å²) < 4.78 is 0.906. The van der Waals surface area contributed by atoms with E-state index in [1.807, 2.05) is 6.07 Å². The summed E-state index contributed by atoms with van der Waals surface area (Å²) in [6.07, 6.45) is 3.65. The van der Waals surface area contributed by atoms with Gasteiger partial charge in [0.2, 0.25) is 0 Å². The molecule has 1 saturated carbocycles. The summed E-state index contributed by atoms with van der Waals surface area (Å²) in [6.45, 7) is 3.94. The summed E-state index contributed by atoms with van der Waals surface area (Å²) in [4.78, 5) is 2.44. The molecule has 1 aliphatic carbocycles. The van der Waals surface area contributed by atoms with Crippen molar-refractivity contribution in [2.75, 3.05) is 26.2 Å². The molecule has 0 unspecified atom stereocenters. The van der Waals surface area contributed by atoms with Crippen LogP contribution in [0.1, 0.15) is 36.4 Å². The monoisotopic (exact) mass is 421 g/mol. The zero-order valence-electron chi connectivity index (χ0n) is 12.8. The lowest BCUT2D eigenvalue weighted by Crippen LogP contribution is -2.45. The van der Waals surface area contributed by atoms with Gasteiger partial charge < -0.3 is 10.4 Å². The fraction of sp³-hybridized carbons (Fsp3) is 0.562. The smallest absolute Gasteiger partial charge is 0.139 e. The van der Waals surface area contributed by atoms with Crippen molar-refractivity contribution in [3.63, 3.8) is 0 Å². The number of aromatic hydroxyl groups is 1. The fourth-order valence-electron chi connectivity index (χ4n) is 3.10. The van der Waals surface area contributed by atoms with E-state index in [2.05, 4.69) is 32.2 Å². The van der Waals surface area contributed by atoms with E-state index in [9.17, 15) is 10.4 Å². The van der Waals surface area contributed by atoms with E-state index in [0.717, 1.165) is 48.6 Å². The molecule has 1 aromatic carbocycles. The largest absolute Gasteiger partial charge is 0.506 e. The molecule has 7 heteroatoms. The van der Waals surface area contributed by atoms with Gasteiger partial charge in [0.05, 0.1) is 5.56 Å². The van der Waals surface area contributed by atoms with Crippen LogP contribution >= 0.6 is 40.7 Å². The van der Waals surface area contributed by atoms with Crippen LogP contribution in [-0.4, -0.2) is 36.2 Å². The summed E-state index contributed by atoms with van der Waals surface area (Å²) in [6, 6.07) is 5.84. The second kappa shape index (κ2) is 9.10. The molecule has 128 valence electrons. The number of nitriles is 1. The van der Waals surface area contributed by atoms with Crippen molar-refractivity contribution in [2.24, 2.45) is 5.92 Å². The fourth-order valence-corrected chi connectivity index (χ4v) is 3.69. The molecule has 1 heterocycles. The number of nitrogens with one attached hydrogen (secondary N) is 1. The standard InChI is InChI=1S/C16H20BrN3O.2ClH/c17-13-4-3-12(10-18)16(21)15(13)14(9-11-1-2-11)20-7-5-19-6-8-20;;/h3-4,11,14,19,21H,1-2,5-9H2;2*1H/t14-;;/m0../s1. The number of piperazine rings is 1. The molecule has 0 spiro atoms. The van der Waals surface area contributed by atoms with E-state index in [1.165, 1.54) is 12.8 Å². The Balaban J connectivity index is 0.00000132. The van der Waals surface area contributed by atoms with Crippen LogP contribution in [0.5, 0.6) is 5.75 Å². The highest BCUT2D eigenvalue weighted by atomic mass is 79.9. The Bertz CT molecular complexity index is 569. The second-order valence-electron chi connectivity index (χ2n) is 5.95. The molecule has 1 aromatic rings. The van der Waals surface area contributed by atoms with Crippen molar-refractivity contribution in [1.29, 1.82) is 5.26 Å². The summed E-state index contributed by atoms with van der Waals surface area (Å²) in [5.41, 5.74) is 1.26. The van der Waals surface area contributed by atoms with E-state index < -0.39 is 0 Å². The number of hydrogen-bond donors (Lipinski definition) is 2. The molecule has 2 aliphatic rings. The third kappa shape index (κ3) is 4.74. The molecule has 0 aromatic heterocycles. The maximum atomic E-state index is 10.5. The van der Waals surface area contributed by atoms with Gasteiger partial charge in [0.1, 0.15) is 11.8 Å². The Hall–Kier alpha value is -0.510. The maximum absolute atomic E-state index is 10.5. The van der Waals surface area contributed by atoms with E-state index in [4.69, 9.17) is 0 Å². The van der Waals surface area contributed by atoms with Crippen molar-refractivity contribution in [2.45, 2.75) is 25.3 Å². The van der Waals surface area contributed by atoms with Crippen LogP contribution in [0, 0.1) is 17.2 Å². The molecule has 1 aliphatic heterocycles. The van der Waals surface area contributed by atoms with Gasteiger partial charge in [-0.25, -0.2) is 0 Å². The third-order valence-corrected chi connectivity index (χ3v) is 5.15. The molecular formula is C16H22BrCl2N3O. The summed E-state index contributed by atoms with van der Waals surface area (Å²) >= 11 is 3.58. The zero-order valence-corrected chi connectivity index (χ0v) is 16.0. The van der Waals surface area contributed by atoms with Gasteiger partial charge in [-0.15, -0.1) is 24.8 Å². The third-order valence-electron chi connectivity index (χ3n) is 4.46. The number of benzene rings is 1. The van der Waals surface area contributed by atoms with Crippen molar-refractivity contribution < 1.29 is 5.11 Å². The van der Waals surface area contributed by atoms with Gasteiger partial charge in [0.15, 0.2) is 0 Å². The van der Waals surface area contributed by atoms with Crippen LogP contribution in [0.4, 0.5) is 0 Å². The van der Waals surface area contributed by atoms with Gasteiger partial charge in [-0.2, -0.15) is 5.26 Å². The van der Waals surface area contributed by atoms with Crippen LogP contribution in [-0.2, 0) is 0 Å². The first-order valence-electron chi connectivity index (χ1n) is 7.57. The van der Waals surface area contributed by atoms with Gasteiger partial charge in [-0.3, -0.25) is 4.90 Å². The minimum absolute atomic E-state index is 0. The van der Waals surface area contributed by atoms with Gasteiger partial charge in [0, 0.05) is 42.3 Å². The Morgan fingerprint density at radius 2 is 1.96 bits per heavy atom. The second-order valence-corrected chi connectivity index (χ2v) is 6.80. The highest BCUT2D eigenvalue weighted by molar-refractivity contribution is 9.10. The minimum atomic E-state index is 0. The van der Waals surface area contributed by atoms with Gasteiger partial charge in [-0.1, -0.05) is 28.8 Å². The number of nitrogens with zero attached hydrogens (tertiary/aromatic N) is 2. The molecule has 1 saturated heterocycles. The topological polar surface area (TPSA) is 59.3 Å². The first-order chi connectivity index (χ1) is 10.2. The molecule has 4 nitrogen and oxygen atoms in total. The predicted octanol–water partition coefficient (Wildman–Crippen LogP) is 3.62. The Morgan fingerprint density at radius 3 is 2.52 bits per heavy atom. The van der Waals surface area contributed by atoms with E-state index in [-0.39, 0.29) is 36.6 Å². The molecule has 2 fully saturated rings. The van der Waals surface area contributed by atoms with Crippen LogP contribution < -0.4 is 5.32 Å². The summed E-state index contributed by atoms with van der Waals surface area (Å²) in [5, 5.41) is 23.1. The van der Waals surface area contributed by atoms with Crippen LogP contribution in [0.25, 0.3) is 0 Å². The Labute approximate surface area is 158 Å². The molecular weight excluding hydrogens is 401 g/mol. The molecule has 2 N–H and O–H groups in total. The number of rotatable bonds is 4. The van der Waals surface area contributed by atoms with Gasteiger partial charge in [-0.05, 0) is 24.5 Å². The van der Waals surface area contributed by atoms with Crippen LogP contribution in [0.2, 0.25) is 0 Å². The lowest BCUT2D eigenvalue weighted by atomic mass is 9.96. The average Bonchev–Trinajstić information content (AvgIpc) is 3.31. The molecule has 1 atom stereocenters. The number of hydrogen-bond acceptors (Lipinski definition) is 4. The zero-order chi connectivity index (χ0) is 14.8. The van der Waals surface area contributed by atoms with E-state index in [1.54, 1.807) is 6.07 Å². The molecule has 3 rings (SSSR count). The SMILES string of the molecule is Cl.Cl.N#Cc1ccc(Br)c([C@H](CC2CC2)N2CCNCC2)c1O. The molecule has 0 radical (unpaired) electrons. The van der Waals surface area contributed by atoms with Gasteiger partial charge >= 0.3 is 0 Å². The van der Waals surface area contributed by atoms with E-state index >= 15 is 0 Å². The van der Waals surface area contributed by atoms with Crippen molar-refractivity contribution in [1.82, 2.24) is 10.2 Å². The summed E-state index contributed by atoms with van der Waals surface area (Å²) in [7, 11) is 0. The Morgan fingerprint density at radius 1 is 1.30 bits per heavy atom. The number of phenols is 1. The Kier molecular flexibility index (Phi) is 8.12. The normalized spacial score (nSPS) is 19.1. The number of phenolic OH excluding ortho intramolecular Hbond substituents is 1. The minimum Gasteiger partial charge on any atom is -0.506 e. The lowest BCUT2D eigenvalue weighted by molar-refractivity contribution is 0.157. The van der Waals surface area contributed by atoms with Crippen molar-refractivity contribution in [3.8, 4) is 11.8 Å². The van der Waals surface area contributed by atoms with Crippen molar-refractivity contribution in [3.05, 3.63) is 27.7 Å². The molecule has 0 amide bonds. The average molecular weight is 423 g/mol. The molecule has 0 bridgehead atoms. The first-order valence-corrected chi connectivity index (χ1v) is 8.36. The van der Waals surface area contributed by atoms with Gasteiger partial charge in [0.25, 0.3) is 0 Å². The predicted molar refractivity (Wildman–Crippen MR) is 99.5 cm³/mol. The molecule has 23 heavy (non-hydrogen) atoms. The van der Waals surface area contributed by atoms with Crippen LogP contribution in [0.15, 0.2) is 16.6 Å². The quantitative estimate of drug-likeness (QED) is 0.777. The number of halogens is 3. The first kappa shape index (κ1) is 20.5. The lowest BCUT2D eigenvalue weighted by Gasteiger charge is -2.36. The maximum Gasteiger partial charge on any atom is 0.139 e. The summed E-state index contributed by atoms with van der Waals surface area (Å²) in [5.74, 6) is 0.915. The highest BCUT2D eigenvalue weighted by Gasteiger charge is 2.33. The van der Waals surface area contributed by atoms with Crippen molar-refractivity contribution >= 4 is 40.7 Å². The van der Waals surface area contributed by atoms with Crippen LogP contribution in [0.3, 0.4) is 0 Å². The van der Waals surface area contributed by atoms with E-state index in [0.29, 0.717) is 5.56 Å². The highest BCUT2D eigenvalue weighted by Crippen LogP contribution is 2.45.